The van der Waals surface area contributed by atoms with E-state index in [-0.39, 0.29) is 6.61 Å². The van der Waals surface area contributed by atoms with Gasteiger partial charge in [-0.3, -0.25) is 4.79 Å². The zero-order valence-corrected chi connectivity index (χ0v) is 5.95. The molecule has 0 fully saturated rings. The molecular weight excluding hydrogens is 142 g/mol. The third-order valence-electron chi connectivity index (χ3n) is 1.45. The molecule has 3 heteroatoms. The van der Waals surface area contributed by atoms with E-state index in [0.29, 0.717) is 11.1 Å². The van der Waals surface area contributed by atoms with Gasteiger partial charge in [-0.2, -0.15) is 0 Å². The molecule has 0 saturated carbocycles. The number of carbonyl (C=O) groups is 1. The number of aliphatic hydroxyl groups excluding tert-OH is 1. The molecule has 3 nitrogen and oxygen atoms in total. The van der Waals surface area contributed by atoms with Crippen LogP contribution in [0.3, 0.4) is 0 Å². The second-order valence-electron chi connectivity index (χ2n) is 2.18. The van der Waals surface area contributed by atoms with Crippen LogP contribution in [0.2, 0.25) is 0 Å². The van der Waals surface area contributed by atoms with Crippen molar-refractivity contribution >= 4 is 5.91 Å². The Hall–Kier alpha value is -1.35. The lowest BCUT2D eigenvalue weighted by atomic mass is 10.1. The Bertz CT molecular complexity index is 271. The molecule has 1 amide bonds. The summed E-state index contributed by atoms with van der Waals surface area (Å²) in [7, 11) is 0. The molecule has 0 saturated heterocycles. The molecule has 0 unspecified atom stereocenters. The van der Waals surface area contributed by atoms with Crippen molar-refractivity contribution in [2.24, 2.45) is 5.73 Å². The Balaban J connectivity index is 3.12. The second kappa shape index (κ2) is 3.16. The molecule has 0 aliphatic heterocycles. The first-order valence-electron chi connectivity index (χ1n) is 3.24. The average molecular weight is 151 g/mol. The first-order valence-corrected chi connectivity index (χ1v) is 3.24. The van der Waals surface area contributed by atoms with Crippen molar-refractivity contribution in [3.8, 4) is 0 Å². The van der Waals surface area contributed by atoms with Gasteiger partial charge in [0.25, 0.3) is 0 Å². The molecular formula is C8H9NO2. The molecule has 58 valence electrons. The Morgan fingerprint density at radius 3 is 2.55 bits per heavy atom. The summed E-state index contributed by atoms with van der Waals surface area (Å²) in [6.45, 7) is -0.154. The third-order valence-corrected chi connectivity index (χ3v) is 1.45. The van der Waals surface area contributed by atoms with E-state index in [2.05, 4.69) is 0 Å². The van der Waals surface area contributed by atoms with Crippen LogP contribution in [0.4, 0.5) is 0 Å². The van der Waals surface area contributed by atoms with E-state index in [1.807, 2.05) is 0 Å². The van der Waals surface area contributed by atoms with Gasteiger partial charge in [-0.05, 0) is 11.6 Å². The smallest absolute Gasteiger partial charge is 0.249 e. The lowest BCUT2D eigenvalue weighted by molar-refractivity contribution is 0.0997. The summed E-state index contributed by atoms with van der Waals surface area (Å²) in [6.07, 6.45) is 0. The van der Waals surface area contributed by atoms with Crippen LogP contribution in [-0.4, -0.2) is 11.0 Å². The van der Waals surface area contributed by atoms with Crippen molar-refractivity contribution in [1.29, 1.82) is 0 Å². The van der Waals surface area contributed by atoms with Gasteiger partial charge in [0.1, 0.15) is 0 Å². The Labute approximate surface area is 64.5 Å². The van der Waals surface area contributed by atoms with Gasteiger partial charge in [-0.25, -0.2) is 0 Å². The summed E-state index contributed by atoms with van der Waals surface area (Å²) >= 11 is 0. The van der Waals surface area contributed by atoms with E-state index in [9.17, 15) is 4.79 Å². The lowest BCUT2D eigenvalue weighted by Crippen LogP contribution is -2.13. The van der Waals surface area contributed by atoms with Gasteiger partial charge < -0.3 is 10.8 Å². The quantitative estimate of drug-likeness (QED) is 0.637. The number of primary amides is 1. The van der Waals surface area contributed by atoms with Crippen molar-refractivity contribution < 1.29 is 9.90 Å². The number of carbonyl (C=O) groups excluding carboxylic acids is 1. The maximum Gasteiger partial charge on any atom is 0.249 e. The van der Waals surface area contributed by atoms with Crippen LogP contribution in [0.5, 0.6) is 0 Å². The fraction of sp³-hybridized carbons (Fsp3) is 0.125. The Kier molecular flexibility index (Phi) is 2.23. The molecule has 3 N–H and O–H groups in total. The number of hydrogen-bond acceptors (Lipinski definition) is 2. The summed E-state index contributed by atoms with van der Waals surface area (Å²) in [5.41, 5.74) is 5.99. The summed E-state index contributed by atoms with van der Waals surface area (Å²) in [5.74, 6) is -0.505. The molecule has 0 aliphatic carbocycles. The summed E-state index contributed by atoms with van der Waals surface area (Å²) in [5, 5.41) is 8.76. The highest BCUT2D eigenvalue weighted by Crippen LogP contribution is 2.06. The molecule has 0 atom stereocenters. The highest BCUT2D eigenvalue weighted by Gasteiger charge is 2.04. The van der Waals surface area contributed by atoms with Gasteiger partial charge in [0.2, 0.25) is 5.91 Å². The number of aliphatic hydroxyl groups is 1. The fourth-order valence-corrected chi connectivity index (χ4v) is 0.899. The highest BCUT2D eigenvalue weighted by atomic mass is 16.3. The Morgan fingerprint density at radius 2 is 2.09 bits per heavy atom. The average Bonchev–Trinajstić information content (AvgIpc) is 2.04. The van der Waals surface area contributed by atoms with Crippen LogP contribution < -0.4 is 5.73 Å². The van der Waals surface area contributed by atoms with Crippen molar-refractivity contribution in [3.05, 3.63) is 35.4 Å². The maximum atomic E-state index is 10.7. The minimum absolute atomic E-state index is 0.154. The van der Waals surface area contributed by atoms with Crippen LogP contribution in [0.15, 0.2) is 24.3 Å². The lowest BCUT2D eigenvalue weighted by Gasteiger charge is -2.00. The predicted molar refractivity (Wildman–Crippen MR) is 40.9 cm³/mol. The van der Waals surface area contributed by atoms with Crippen LogP contribution >= 0.6 is 0 Å². The van der Waals surface area contributed by atoms with Gasteiger partial charge in [-0.15, -0.1) is 0 Å². The van der Waals surface area contributed by atoms with E-state index in [0.717, 1.165) is 0 Å². The standard InChI is InChI=1S/C8H9NO2/c9-8(11)7-4-2-1-3-6(7)5-10/h1-4,10H,5H2,(H2,9,11). The molecule has 0 bridgehead atoms. The predicted octanol–water partition coefficient (Wildman–Crippen LogP) is 0.278. The number of benzene rings is 1. The third kappa shape index (κ3) is 1.56. The summed E-state index contributed by atoms with van der Waals surface area (Å²) < 4.78 is 0. The van der Waals surface area contributed by atoms with Gasteiger partial charge in [0.15, 0.2) is 0 Å². The van der Waals surface area contributed by atoms with Crippen molar-refractivity contribution in [1.82, 2.24) is 0 Å². The van der Waals surface area contributed by atoms with Crippen molar-refractivity contribution in [2.45, 2.75) is 6.61 Å². The van der Waals surface area contributed by atoms with Gasteiger partial charge in [0.05, 0.1) is 6.61 Å². The Morgan fingerprint density at radius 1 is 1.45 bits per heavy atom. The number of rotatable bonds is 2. The SMILES string of the molecule is NC(=O)c1ccccc1CO. The number of nitrogens with two attached hydrogens (primary N) is 1. The zero-order chi connectivity index (χ0) is 8.27. The molecule has 11 heavy (non-hydrogen) atoms. The molecule has 0 aromatic heterocycles. The zero-order valence-electron chi connectivity index (χ0n) is 5.95. The minimum atomic E-state index is -0.505. The van der Waals surface area contributed by atoms with Crippen molar-refractivity contribution in [2.75, 3.05) is 0 Å². The fourth-order valence-electron chi connectivity index (χ4n) is 0.899. The molecule has 1 rings (SSSR count). The molecule has 0 radical (unpaired) electrons. The topological polar surface area (TPSA) is 63.3 Å². The first-order chi connectivity index (χ1) is 5.25. The molecule has 1 aromatic carbocycles. The molecule has 0 aliphatic rings. The van der Waals surface area contributed by atoms with Crippen molar-refractivity contribution in [3.63, 3.8) is 0 Å². The van der Waals surface area contributed by atoms with E-state index in [1.54, 1.807) is 24.3 Å². The van der Waals surface area contributed by atoms with Crippen LogP contribution in [0, 0.1) is 0 Å². The van der Waals surface area contributed by atoms with Gasteiger partial charge in [-0.1, -0.05) is 18.2 Å². The van der Waals surface area contributed by atoms with Crippen LogP contribution in [-0.2, 0) is 6.61 Å². The van der Waals surface area contributed by atoms with Crippen LogP contribution in [0.1, 0.15) is 15.9 Å². The largest absolute Gasteiger partial charge is 0.392 e. The monoisotopic (exact) mass is 151 g/mol. The number of amides is 1. The van der Waals surface area contributed by atoms with E-state index in [4.69, 9.17) is 10.8 Å². The summed E-state index contributed by atoms with van der Waals surface area (Å²) in [6, 6.07) is 6.71. The van der Waals surface area contributed by atoms with E-state index in [1.165, 1.54) is 0 Å². The molecule has 1 aromatic rings. The highest BCUT2D eigenvalue weighted by molar-refractivity contribution is 5.94. The second-order valence-corrected chi connectivity index (χ2v) is 2.18. The normalized spacial score (nSPS) is 9.55. The van der Waals surface area contributed by atoms with E-state index < -0.39 is 5.91 Å². The molecule has 0 heterocycles. The van der Waals surface area contributed by atoms with E-state index >= 15 is 0 Å². The first kappa shape index (κ1) is 7.75. The van der Waals surface area contributed by atoms with Gasteiger partial charge in [0, 0.05) is 5.56 Å². The summed E-state index contributed by atoms with van der Waals surface area (Å²) in [4.78, 5) is 10.7. The van der Waals surface area contributed by atoms with Gasteiger partial charge >= 0.3 is 0 Å². The molecule has 0 spiro atoms. The minimum Gasteiger partial charge on any atom is -0.392 e. The van der Waals surface area contributed by atoms with Crippen LogP contribution in [0.25, 0.3) is 0 Å². The number of hydrogen-bond donors (Lipinski definition) is 2. The maximum absolute atomic E-state index is 10.7.